The van der Waals surface area contributed by atoms with Gasteiger partial charge in [-0.15, -0.1) is 10.2 Å². The summed E-state index contributed by atoms with van der Waals surface area (Å²) in [5.41, 5.74) is 0.537. The molecule has 1 aromatic rings. The number of benzene rings is 1. The smallest absolute Gasteiger partial charge is 0.252 e. The normalized spacial score (nSPS) is 10.2. The molecular formula is C7H6N2O2. The summed E-state index contributed by atoms with van der Waals surface area (Å²) in [6.45, 7) is 0. The van der Waals surface area contributed by atoms with E-state index in [-0.39, 0.29) is 5.75 Å². The van der Waals surface area contributed by atoms with Crippen LogP contribution < -0.4 is 0 Å². The van der Waals surface area contributed by atoms with Crippen LogP contribution in [0.25, 0.3) is 0 Å². The molecule has 0 aliphatic carbocycles. The van der Waals surface area contributed by atoms with Crippen LogP contribution in [-0.2, 0) is 4.79 Å². The molecule has 4 heteroatoms. The molecule has 0 fully saturated rings. The largest absolute Gasteiger partial charge is 0.508 e. The second-order valence-electron chi connectivity index (χ2n) is 1.84. The zero-order valence-electron chi connectivity index (χ0n) is 5.64. The minimum atomic E-state index is 0.162. The van der Waals surface area contributed by atoms with Gasteiger partial charge in [0.05, 0.1) is 5.69 Å². The van der Waals surface area contributed by atoms with E-state index in [2.05, 4.69) is 10.2 Å². The first kappa shape index (κ1) is 7.40. The zero-order chi connectivity index (χ0) is 8.10. The van der Waals surface area contributed by atoms with E-state index < -0.39 is 0 Å². The Balaban J connectivity index is 2.81. The highest BCUT2D eigenvalue weighted by Gasteiger charge is 1.87. The van der Waals surface area contributed by atoms with Crippen LogP contribution in [0.2, 0.25) is 0 Å². The first-order chi connectivity index (χ1) is 5.33. The van der Waals surface area contributed by atoms with Crippen LogP contribution in [0.5, 0.6) is 5.75 Å². The standard InChI is InChI=1S/C7H6N2O2/c10-5-8-9-6-1-3-7(11)4-2-6/h1-5,11H. The van der Waals surface area contributed by atoms with Crippen molar-refractivity contribution in [2.24, 2.45) is 10.2 Å². The highest BCUT2D eigenvalue weighted by atomic mass is 16.3. The number of phenols is 1. The maximum Gasteiger partial charge on any atom is 0.252 e. The van der Waals surface area contributed by atoms with Gasteiger partial charge in [-0.25, -0.2) is 0 Å². The predicted molar refractivity (Wildman–Crippen MR) is 38.7 cm³/mol. The van der Waals surface area contributed by atoms with Gasteiger partial charge in [0.15, 0.2) is 0 Å². The molecule has 0 bridgehead atoms. The Bertz CT molecular complexity index is 266. The van der Waals surface area contributed by atoms with Crippen molar-refractivity contribution < 1.29 is 9.90 Å². The third kappa shape index (κ3) is 2.17. The molecule has 1 amide bonds. The molecular weight excluding hydrogens is 144 g/mol. The Morgan fingerprint density at radius 2 is 1.91 bits per heavy atom. The highest BCUT2D eigenvalue weighted by Crippen LogP contribution is 2.16. The molecule has 0 saturated carbocycles. The topological polar surface area (TPSA) is 62.0 Å². The Morgan fingerprint density at radius 3 is 2.45 bits per heavy atom. The molecule has 0 aliphatic rings. The molecule has 1 rings (SSSR count). The fraction of sp³-hybridized carbons (Fsp3) is 0. The molecule has 0 aromatic heterocycles. The summed E-state index contributed by atoms with van der Waals surface area (Å²) in [5, 5.41) is 15.5. The molecule has 11 heavy (non-hydrogen) atoms. The van der Waals surface area contributed by atoms with Crippen LogP contribution in [0.4, 0.5) is 5.69 Å². The van der Waals surface area contributed by atoms with Crippen molar-refractivity contribution >= 4 is 12.1 Å². The van der Waals surface area contributed by atoms with Crippen LogP contribution in [-0.4, -0.2) is 11.5 Å². The average Bonchev–Trinajstić information content (AvgIpc) is 2.04. The van der Waals surface area contributed by atoms with Crippen LogP contribution in [0.3, 0.4) is 0 Å². The summed E-state index contributed by atoms with van der Waals surface area (Å²) < 4.78 is 0. The van der Waals surface area contributed by atoms with Gasteiger partial charge < -0.3 is 5.11 Å². The third-order valence-corrected chi connectivity index (χ3v) is 1.07. The van der Waals surface area contributed by atoms with Crippen molar-refractivity contribution in [1.29, 1.82) is 0 Å². The van der Waals surface area contributed by atoms with Crippen LogP contribution >= 0.6 is 0 Å². The molecule has 1 aromatic carbocycles. The number of phenolic OH excluding ortho intramolecular Hbond substituents is 1. The molecule has 0 radical (unpaired) electrons. The fourth-order valence-electron chi connectivity index (χ4n) is 0.610. The number of carbonyl (C=O) groups excluding carboxylic acids is 1. The monoisotopic (exact) mass is 150 g/mol. The summed E-state index contributed by atoms with van der Waals surface area (Å²) in [6, 6.07) is 6.06. The zero-order valence-corrected chi connectivity index (χ0v) is 5.64. The molecule has 4 nitrogen and oxygen atoms in total. The van der Waals surface area contributed by atoms with Crippen molar-refractivity contribution in [3.63, 3.8) is 0 Å². The number of aromatic hydroxyl groups is 1. The summed E-state index contributed by atoms with van der Waals surface area (Å²) in [4.78, 5) is 9.74. The van der Waals surface area contributed by atoms with Gasteiger partial charge in [0.1, 0.15) is 5.75 Å². The van der Waals surface area contributed by atoms with Crippen LogP contribution in [0, 0.1) is 0 Å². The second kappa shape index (κ2) is 3.46. The van der Waals surface area contributed by atoms with E-state index in [0.29, 0.717) is 12.1 Å². The molecule has 0 saturated heterocycles. The van der Waals surface area contributed by atoms with Crippen molar-refractivity contribution in [2.75, 3.05) is 0 Å². The van der Waals surface area contributed by atoms with E-state index in [4.69, 9.17) is 5.11 Å². The molecule has 0 heterocycles. The number of carbonyl (C=O) groups is 1. The molecule has 1 N–H and O–H groups in total. The molecule has 0 aliphatic heterocycles. The predicted octanol–water partition coefficient (Wildman–Crippen LogP) is 1.63. The van der Waals surface area contributed by atoms with Gasteiger partial charge in [-0.1, -0.05) is 0 Å². The Labute approximate surface area is 63.2 Å². The average molecular weight is 150 g/mol. The van der Waals surface area contributed by atoms with Crippen LogP contribution in [0.1, 0.15) is 0 Å². The maximum absolute atomic E-state index is 9.74. The lowest BCUT2D eigenvalue weighted by Crippen LogP contribution is -1.64. The summed E-state index contributed by atoms with van der Waals surface area (Å²) in [7, 11) is 0. The van der Waals surface area contributed by atoms with E-state index in [1.54, 1.807) is 12.1 Å². The lowest BCUT2D eigenvalue weighted by molar-refractivity contribution is -0.107. The van der Waals surface area contributed by atoms with Crippen molar-refractivity contribution in [3.05, 3.63) is 24.3 Å². The summed E-state index contributed by atoms with van der Waals surface area (Å²) in [5.74, 6) is 0.162. The number of hydrogen-bond acceptors (Lipinski definition) is 3. The van der Waals surface area contributed by atoms with Gasteiger partial charge in [-0.2, -0.15) is 0 Å². The molecule has 56 valence electrons. The first-order valence-corrected chi connectivity index (χ1v) is 2.96. The van der Waals surface area contributed by atoms with Gasteiger partial charge in [0.2, 0.25) is 0 Å². The Hall–Kier alpha value is -1.71. The van der Waals surface area contributed by atoms with E-state index in [0.717, 1.165) is 0 Å². The van der Waals surface area contributed by atoms with Gasteiger partial charge >= 0.3 is 0 Å². The van der Waals surface area contributed by atoms with E-state index in [9.17, 15) is 4.79 Å². The van der Waals surface area contributed by atoms with Crippen molar-refractivity contribution in [2.45, 2.75) is 0 Å². The van der Waals surface area contributed by atoms with Gasteiger partial charge in [0, 0.05) is 0 Å². The Kier molecular flexibility index (Phi) is 2.32. The minimum absolute atomic E-state index is 0.162. The molecule has 0 spiro atoms. The summed E-state index contributed by atoms with van der Waals surface area (Å²) >= 11 is 0. The van der Waals surface area contributed by atoms with Crippen molar-refractivity contribution in [3.8, 4) is 5.75 Å². The second-order valence-corrected chi connectivity index (χ2v) is 1.84. The van der Waals surface area contributed by atoms with E-state index in [1.807, 2.05) is 0 Å². The molecule has 0 unspecified atom stereocenters. The van der Waals surface area contributed by atoms with E-state index in [1.165, 1.54) is 12.1 Å². The number of nitrogens with zero attached hydrogens (tertiary/aromatic N) is 2. The number of azo groups is 1. The lowest BCUT2D eigenvalue weighted by atomic mass is 10.3. The number of amides is 1. The fourth-order valence-corrected chi connectivity index (χ4v) is 0.610. The van der Waals surface area contributed by atoms with Crippen molar-refractivity contribution in [1.82, 2.24) is 0 Å². The van der Waals surface area contributed by atoms with Gasteiger partial charge in [-0.05, 0) is 24.3 Å². The summed E-state index contributed by atoms with van der Waals surface area (Å²) in [6.07, 6.45) is 0.354. The minimum Gasteiger partial charge on any atom is -0.508 e. The highest BCUT2D eigenvalue weighted by molar-refractivity contribution is 5.48. The molecule has 0 atom stereocenters. The first-order valence-electron chi connectivity index (χ1n) is 2.96. The maximum atomic E-state index is 9.74. The lowest BCUT2D eigenvalue weighted by Gasteiger charge is -1.89. The van der Waals surface area contributed by atoms with E-state index >= 15 is 0 Å². The number of hydrogen-bond donors (Lipinski definition) is 1. The van der Waals surface area contributed by atoms with Crippen LogP contribution in [0.15, 0.2) is 34.5 Å². The quantitative estimate of drug-likeness (QED) is 0.514. The SMILES string of the molecule is O=CN=Nc1ccc(O)cc1. The van der Waals surface area contributed by atoms with Gasteiger partial charge in [0.25, 0.3) is 6.41 Å². The third-order valence-electron chi connectivity index (χ3n) is 1.07. The number of rotatable bonds is 2. The Morgan fingerprint density at radius 1 is 1.27 bits per heavy atom. The van der Waals surface area contributed by atoms with Gasteiger partial charge in [-0.3, -0.25) is 4.79 Å².